The third kappa shape index (κ3) is 4.22. The van der Waals surface area contributed by atoms with Crippen molar-refractivity contribution in [3.63, 3.8) is 0 Å². The molecule has 14 heavy (non-hydrogen) atoms. The highest BCUT2D eigenvalue weighted by Crippen LogP contribution is 2.11. The monoisotopic (exact) mass is 256 g/mol. The number of hydrogen-bond donors (Lipinski definition) is 1. The van der Waals surface area contributed by atoms with Crippen molar-refractivity contribution in [2.45, 2.75) is 12.5 Å². The number of hydrogen-bond acceptors (Lipinski definition) is 2. The molecule has 1 rings (SSSR count). The third-order valence-corrected chi connectivity index (χ3v) is 2.54. The lowest BCUT2D eigenvalue weighted by molar-refractivity contribution is 0.371. The zero-order chi connectivity index (χ0) is 10.6. The first kappa shape index (κ1) is 11.7. The minimum Gasteiger partial charge on any atom is -0.326 e. The second-order valence-corrected chi connectivity index (χ2v) is 4.77. The molecule has 0 fully saturated rings. The molecule has 0 aliphatic carbocycles. The fourth-order valence-electron chi connectivity index (χ4n) is 1.46. The van der Waals surface area contributed by atoms with Gasteiger partial charge in [0, 0.05) is 17.1 Å². The predicted octanol–water partition coefficient (Wildman–Crippen LogP) is 1.88. The number of rotatable bonds is 4. The standard InChI is InChI=1S/C11H17BrN2/c1-14(2)8-11(13)7-9-3-5-10(12)6-4-9/h3-6,11H,7-8,13H2,1-2H3. The van der Waals surface area contributed by atoms with Gasteiger partial charge in [0.05, 0.1) is 0 Å². The molecule has 2 nitrogen and oxygen atoms in total. The van der Waals surface area contributed by atoms with E-state index in [2.05, 4.69) is 45.1 Å². The average molecular weight is 257 g/mol. The molecule has 0 spiro atoms. The molecular formula is C11H17BrN2. The number of halogens is 1. The fraction of sp³-hybridized carbons (Fsp3) is 0.455. The van der Waals surface area contributed by atoms with Crippen LogP contribution in [0.3, 0.4) is 0 Å². The van der Waals surface area contributed by atoms with Crippen LogP contribution in [-0.4, -0.2) is 31.6 Å². The van der Waals surface area contributed by atoms with Gasteiger partial charge in [0.1, 0.15) is 0 Å². The van der Waals surface area contributed by atoms with Crippen LogP contribution in [0.5, 0.6) is 0 Å². The molecule has 1 aromatic rings. The third-order valence-electron chi connectivity index (χ3n) is 2.01. The second-order valence-electron chi connectivity index (χ2n) is 3.85. The van der Waals surface area contributed by atoms with Gasteiger partial charge >= 0.3 is 0 Å². The average Bonchev–Trinajstić information content (AvgIpc) is 2.07. The molecule has 0 aliphatic heterocycles. The number of nitrogens with two attached hydrogens (primary N) is 1. The summed E-state index contributed by atoms with van der Waals surface area (Å²) in [5.41, 5.74) is 7.29. The van der Waals surface area contributed by atoms with Crippen LogP contribution < -0.4 is 5.73 Å². The lowest BCUT2D eigenvalue weighted by Crippen LogP contribution is -2.34. The smallest absolute Gasteiger partial charge is 0.0208 e. The molecule has 0 bridgehead atoms. The van der Waals surface area contributed by atoms with Gasteiger partial charge in [0.15, 0.2) is 0 Å². The largest absolute Gasteiger partial charge is 0.326 e. The van der Waals surface area contributed by atoms with Crippen LogP contribution in [-0.2, 0) is 6.42 Å². The van der Waals surface area contributed by atoms with Gasteiger partial charge in [-0.05, 0) is 38.2 Å². The van der Waals surface area contributed by atoms with Crippen molar-refractivity contribution in [1.82, 2.24) is 4.90 Å². The van der Waals surface area contributed by atoms with Crippen LogP contribution in [0.1, 0.15) is 5.56 Å². The van der Waals surface area contributed by atoms with E-state index in [1.165, 1.54) is 5.56 Å². The summed E-state index contributed by atoms with van der Waals surface area (Å²) in [6.07, 6.45) is 0.936. The maximum absolute atomic E-state index is 5.99. The molecule has 0 saturated carbocycles. The Labute approximate surface area is 94.2 Å². The molecular weight excluding hydrogens is 240 g/mol. The molecule has 2 N–H and O–H groups in total. The number of likely N-dealkylation sites (N-methyl/N-ethyl adjacent to an activating group) is 1. The van der Waals surface area contributed by atoms with Crippen LogP contribution in [0.2, 0.25) is 0 Å². The van der Waals surface area contributed by atoms with Crippen molar-refractivity contribution in [2.75, 3.05) is 20.6 Å². The molecule has 78 valence electrons. The normalized spacial score (nSPS) is 13.2. The number of benzene rings is 1. The maximum Gasteiger partial charge on any atom is 0.0208 e. The van der Waals surface area contributed by atoms with Gasteiger partial charge in [-0.3, -0.25) is 0 Å². The first-order chi connectivity index (χ1) is 6.58. The van der Waals surface area contributed by atoms with Crippen LogP contribution in [0.15, 0.2) is 28.7 Å². The van der Waals surface area contributed by atoms with E-state index in [0.29, 0.717) is 0 Å². The fourth-order valence-corrected chi connectivity index (χ4v) is 1.72. The Morgan fingerprint density at radius 3 is 2.36 bits per heavy atom. The quantitative estimate of drug-likeness (QED) is 0.892. The SMILES string of the molecule is CN(C)CC(N)Cc1ccc(Br)cc1. The van der Waals surface area contributed by atoms with Crippen molar-refractivity contribution in [3.05, 3.63) is 34.3 Å². The summed E-state index contributed by atoms with van der Waals surface area (Å²) >= 11 is 3.41. The van der Waals surface area contributed by atoms with Crippen LogP contribution in [0.4, 0.5) is 0 Å². The molecule has 3 heteroatoms. The van der Waals surface area contributed by atoms with Crippen LogP contribution in [0, 0.1) is 0 Å². The highest BCUT2D eigenvalue weighted by Gasteiger charge is 2.04. The van der Waals surface area contributed by atoms with Crippen molar-refractivity contribution in [2.24, 2.45) is 5.73 Å². The van der Waals surface area contributed by atoms with Crippen LogP contribution >= 0.6 is 15.9 Å². The van der Waals surface area contributed by atoms with E-state index in [9.17, 15) is 0 Å². The first-order valence-corrected chi connectivity index (χ1v) is 5.52. The van der Waals surface area contributed by atoms with E-state index >= 15 is 0 Å². The lowest BCUT2D eigenvalue weighted by atomic mass is 10.1. The summed E-state index contributed by atoms with van der Waals surface area (Å²) in [5.74, 6) is 0. The Morgan fingerprint density at radius 2 is 1.86 bits per heavy atom. The molecule has 1 unspecified atom stereocenters. The summed E-state index contributed by atoms with van der Waals surface area (Å²) in [4.78, 5) is 2.11. The molecule has 1 atom stereocenters. The van der Waals surface area contributed by atoms with Gasteiger partial charge in [-0.15, -0.1) is 0 Å². The Balaban J connectivity index is 2.47. The summed E-state index contributed by atoms with van der Waals surface area (Å²) in [5, 5.41) is 0. The molecule has 0 radical (unpaired) electrons. The molecule has 0 saturated heterocycles. The molecule has 1 aromatic carbocycles. The van der Waals surface area contributed by atoms with Crippen molar-refractivity contribution < 1.29 is 0 Å². The van der Waals surface area contributed by atoms with E-state index in [1.807, 2.05) is 14.1 Å². The molecule has 0 heterocycles. The van der Waals surface area contributed by atoms with Crippen molar-refractivity contribution in [3.8, 4) is 0 Å². The molecule has 0 aliphatic rings. The maximum atomic E-state index is 5.99. The second kappa shape index (κ2) is 5.49. The highest BCUT2D eigenvalue weighted by molar-refractivity contribution is 9.10. The minimum absolute atomic E-state index is 0.214. The lowest BCUT2D eigenvalue weighted by Gasteiger charge is -2.16. The van der Waals surface area contributed by atoms with Gasteiger partial charge in [0.25, 0.3) is 0 Å². The Bertz CT molecular complexity index is 269. The highest BCUT2D eigenvalue weighted by atomic mass is 79.9. The number of nitrogens with zero attached hydrogens (tertiary/aromatic N) is 1. The summed E-state index contributed by atoms with van der Waals surface area (Å²) in [6.45, 7) is 0.927. The van der Waals surface area contributed by atoms with Gasteiger partial charge < -0.3 is 10.6 Å². The van der Waals surface area contributed by atoms with E-state index in [1.54, 1.807) is 0 Å². The Morgan fingerprint density at radius 1 is 1.29 bits per heavy atom. The van der Waals surface area contributed by atoms with Crippen molar-refractivity contribution in [1.29, 1.82) is 0 Å². The minimum atomic E-state index is 0.214. The van der Waals surface area contributed by atoms with Crippen LogP contribution in [0.25, 0.3) is 0 Å². The Kier molecular flexibility index (Phi) is 4.58. The van der Waals surface area contributed by atoms with E-state index in [-0.39, 0.29) is 6.04 Å². The molecule has 0 amide bonds. The predicted molar refractivity (Wildman–Crippen MR) is 64.4 cm³/mol. The summed E-state index contributed by atoms with van der Waals surface area (Å²) in [6, 6.07) is 8.54. The zero-order valence-corrected chi connectivity index (χ0v) is 10.3. The first-order valence-electron chi connectivity index (χ1n) is 4.72. The van der Waals surface area contributed by atoms with E-state index in [0.717, 1.165) is 17.4 Å². The van der Waals surface area contributed by atoms with Gasteiger partial charge in [-0.25, -0.2) is 0 Å². The molecule has 0 aromatic heterocycles. The Hall–Kier alpha value is -0.380. The zero-order valence-electron chi connectivity index (χ0n) is 8.70. The van der Waals surface area contributed by atoms with Crippen molar-refractivity contribution >= 4 is 15.9 Å². The van der Waals surface area contributed by atoms with E-state index < -0.39 is 0 Å². The van der Waals surface area contributed by atoms with Gasteiger partial charge in [-0.2, -0.15) is 0 Å². The van der Waals surface area contributed by atoms with E-state index in [4.69, 9.17) is 5.73 Å². The topological polar surface area (TPSA) is 29.3 Å². The van der Waals surface area contributed by atoms with Gasteiger partial charge in [-0.1, -0.05) is 28.1 Å². The summed E-state index contributed by atoms with van der Waals surface area (Å²) in [7, 11) is 4.09. The summed E-state index contributed by atoms with van der Waals surface area (Å²) < 4.78 is 1.11. The van der Waals surface area contributed by atoms with Gasteiger partial charge in [0.2, 0.25) is 0 Å².